The van der Waals surface area contributed by atoms with E-state index in [-0.39, 0.29) is 18.1 Å². The first-order valence-electron chi connectivity index (χ1n) is 6.75. The number of non-ortho nitro benzene ring substituents is 1. The van der Waals surface area contributed by atoms with Crippen LogP contribution < -0.4 is 9.64 Å². The normalized spacial score (nSPS) is 10.0. The van der Waals surface area contributed by atoms with E-state index in [4.69, 9.17) is 4.74 Å². The molecule has 7 heteroatoms. The second-order valence-electron chi connectivity index (χ2n) is 4.28. The van der Waals surface area contributed by atoms with Crippen molar-refractivity contribution in [3.05, 3.63) is 28.3 Å². The number of ether oxygens (including phenoxy) is 2. The number of hydrogen-bond donors (Lipinski definition) is 0. The Morgan fingerprint density at radius 3 is 2.57 bits per heavy atom. The molecule has 0 aliphatic carbocycles. The molecule has 0 heterocycles. The maximum atomic E-state index is 11.2. The molecule has 0 saturated carbocycles. The third-order valence-electron chi connectivity index (χ3n) is 2.96. The molecule has 21 heavy (non-hydrogen) atoms. The minimum Gasteiger partial charge on any atom is -0.494 e. The number of carbonyl (C=O) groups excluding carboxylic acids is 1. The molecule has 1 aromatic carbocycles. The number of anilines is 1. The number of nitrogens with zero attached hydrogens (tertiary/aromatic N) is 2. The van der Waals surface area contributed by atoms with Gasteiger partial charge in [0.05, 0.1) is 31.1 Å². The van der Waals surface area contributed by atoms with Crippen molar-refractivity contribution in [2.75, 3.05) is 31.7 Å². The van der Waals surface area contributed by atoms with Crippen LogP contribution in [0, 0.1) is 10.1 Å². The average Bonchev–Trinajstić information content (AvgIpc) is 2.47. The fourth-order valence-electron chi connectivity index (χ4n) is 1.90. The molecule has 0 spiro atoms. The van der Waals surface area contributed by atoms with Crippen molar-refractivity contribution >= 4 is 17.3 Å². The lowest BCUT2D eigenvalue weighted by atomic mass is 10.2. The number of carbonyl (C=O) groups is 1. The molecule has 0 aliphatic rings. The highest BCUT2D eigenvalue weighted by Gasteiger charge is 2.15. The summed E-state index contributed by atoms with van der Waals surface area (Å²) in [5.74, 6) is 0.127. The van der Waals surface area contributed by atoms with Crippen LogP contribution in [0.15, 0.2) is 18.2 Å². The first-order valence-corrected chi connectivity index (χ1v) is 6.75. The van der Waals surface area contributed by atoms with Crippen LogP contribution in [-0.4, -0.2) is 37.7 Å². The number of benzene rings is 1. The molecule has 0 radical (unpaired) electrons. The van der Waals surface area contributed by atoms with E-state index in [1.165, 1.54) is 19.2 Å². The Morgan fingerprint density at radius 2 is 2.05 bits per heavy atom. The van der Waals surface area contributed by atoms with Gasteiger partial charge in [0.25, 0.3) is 5.69 Å². The summed E-state index contributed by atoms with van der Waals surface area (Å²) in [6.45, 7) is 5.19. The Labute approximate surface area is 123 Å². The number of nitro benzene ring substituents is 1. The molecule has 7 nitrogen and oxygen atoms in total. The monoisotopic (exact) mass is 296 g/mol. The molecule has 0 aromatic heterocycles. The van der Waals surface area contributed by atoms with Crippen molar-refractivity contribution in [3.8, 4) is 5.75 Å². The van der Waals surface area contributed by atoms with Crippen LogP contribution in [0.2, 0.25) is 0 Å². The Kier molecular flexibility index (Phi) is 6.45. The molecule has 0 bridgehead atoms. The van der Waals surface area contributed by atoms with E-state index in [2.05, 4.69) is 4.74 Å². The van der Waals surface area contributed by atoms with Gasteiger partial charge in [-0.1, -0.05) is 0 Å². The highest BCUT2D eigenvalue weighted by atomic mass is 16.6. The second kappa shape index (κ2) is 8.08. The summed E-state index contributed by atoms with van der Waals surface area (Å²) in [6, 6.07) is 4.60. The highest BCUT2D eigenvalue weighted by Crippen LogP contribution is 2.28. The van der Waals surface area contributed by atoms with Gasteiger partial charge in [-0.3, -0.25) is 14.9 Å². The summed E-state index contributed by atoms with van der Waals surface area (Å²) in [5.41, 5.74) is 0.617. The third-order valence-corrected chi connectivity index (χ3v) is 2.96. The number of nitro groups is 1. The minimum absolute atomic E-state index is 0.0348. The predicted molar refractivity (Wildman–Crippen MR) is 78.8 cm³/mol. The number of esters is 1. The zero-order valence-electron chi connectivity index (χ0n) is 12.5. The summed E-state index contributed by atoms with van der Waals surface area (Å²) >= 11 is 0. The molecule has 0 N–H and O–H groups in total. The molecule has 1 rings (SSSR count). The zero-order chi connectivity index (χ0) is 15.8. The van der Waals surface area contributed by atoms with Crippen LogP contribution in [0.4, 0.5) is 11.4 Å². The van der Waals surface area contributed by atoms with Gasteiger partial charge in [-0.2, -0.15) is 0 Å². The van der Waals surface area contributed by atoms with Gasteiger partial charge in [0.1, 0.15) is 5.75 Å². The molecular formula is C14H20N2O5. The van der Waals surface area contributed by atoms with Gasteiger partial charge in [0.15, 0.2) is 0 Å². The first kappa shape index (κ1) is 16.7. The summed E-state index contributed by atoms with van der Waals surface area (Å²) < 4.78 is 9.96. The van der Waals surface area contributed by atoms with Gasteiger partial charge in [0, 0.05) is 30.9 Å². The van der Waals surface area contributed by atoms with E-state index in [1.54, 1.807) is 6.07 Å². The maximum Gasteiger partial charge on any atom is 0.307 e. The first-order chi connectivity index (χ1) is 10.0. The van der Waals surface area contributed by atoms with Crippen molar-refractivity contribution in [3.63, 3.8) is 0 Å². The van der Waals surface area contributed by atoms with Gasteiger partial charge >= 0.3 is 5.97 Å². The standard InChI is InChI=1S/C14H20N2O5/c1-4-15(7-6-14(17)20-3)11-8-12(16(18)19)10-13(9-11)21-5-2/h8-10H,4-7H2,1-3H3. The largest absolute Gasteiger partial charge is 0.494 e. The Balaban J connectivity index is 3.00. The summed E-state index contributed by atoms with van der Waals surface area (Å²) in [6.07, 6.45) is 0.219. The van der Waals surface area contributed by atoms with E-state index >= 15 is 0 Å². The van der Waals surface area contributed by atoms with Crippen molar-refractivity contribution < 1.29 is 19.2 Å². The lowest BCUT2D eigenvalue weighted by Crippen LogP contribution is -2.26. The Hall–Kier alpha value is -2.31. The zero-order valence-corrected chi connectivity index (χ0v) is 12.5. The van der Waals surface area contributed by atoms with Crippen LogP contribution in [0.3, 0.4) is 0 Å². The van der Waals surface area contributed by atoms with Gasteiger partial charge in [-0.05, 0) is 13.8 Å². The lowest BCUT2D eigenvalue weighted by molar-refractivity contribution is -0.384. The highest BCUT2D eigenvalue weighted by molar-refractivity contribution is 5.70. The molecule has 0 fully saturated rings. The van der Waals surface area contributed by atoms with E-state index in [9.17, 15) is 14.9 Å². The molecule has 1 aromatic rings. The molecule has 0 unspecified atom stereocenters. The number of rotatable bonds is 8. The van der Waals surface area contributed by atoms with Crippen LogP contribution in [0.5, 0.6) is 5.75 Å². The fourth-order valence-corrected chi connectivity index (χ4v) is 1.90. The molecule has 0 amide bonds. The van der Waals surface area contributed by atoms with Crippen molar-refractivity contribution in [1.82, 2.24) is 0 Å². The number of methoxy groups -OCH3 is 1. The number of hydrogen-bond acceptors (Lipinski definition) is 6. The van der Waals surface area contributed by atoms with E-state index in [0.717, 1.165) is 0 Å². The second-order valence-corrected chi connectivity index (χ2v) is 4.28. The van der Waals surface area contributed by atoms with Gasteiger partial charge in [0.2, 0.25) is 0 Å². The molecule has 116 valence electrons. The van der Waals surface area contributed by atoms with Crippen molar-refractivity contribution in [2.45, 2.75) is 20.3 Å². The summed E-state index contributed by atoms with van der Waals surface area (Å²) in [5, 5.41) is 11.0. The van der Waals surface area contributed by atoms with E-state index in [0.29, 0.717) is 31.1 Å². The molecule has 0 atom stereocenters. The minimum atomic E-state index is -0.458. The third kappa shape index (κ3) is 4.94. The quantitative estimate of drug-likeness (QED) is 0.416. The Bertz CT molecular complexity index is 504. The molecule has 0 aliphatic heterocycles. The SMILES string of the molecule is CCOc1cc(N(CC)CCC(=O)OC)cc([N+](=O)[O-])c1. The average molecular weight is 296 g/mol. The summed E-state index contributed by atoms with van der Waals surface area (Å²) in [4.78, 5) is 23.6. The predicted octanol–water partition coefficient (Wildman–Crippen LogP) is 2.38. The Morgan fingerprint density at radius 1 is 1.33 bits per heavy atom. The van der Waals surface area contributed by atoms with Crippen LogP contribution >= 0.6 is 0 Å². The van der Waals surface area contributed by atoms with Gasteiger partial charge in [-0.25, -0.2) is 0 Å². The summed E-state index contributed by atoms with van der Waals surface area (Å²) in [7, 11) is 1.33. The topological polar surface area (TPSA) is 81.9 Å². The van der Waals surface area contributed by atoms with Gasteiger partial charge < -0.3 is 14.4 Å². The van der Waals surface area contributed by atoms with Crippen LogP contribution in [0.1, 0.15) is 20.3 Å². The maximum absolute atomic E-state index is 11.2. The molecule has 0 saturated heterocycles. The van der Waals surface area contributed by atoms with Crippen molar-refractivity contribution in [2.24, 2.45) is 0 Å². The van der Waals surface area contributed by atoms with Gasteiger partial charge in [-0.15, -0.1) is 0 Å². The van der Waals surface area contributed by atoms with E-state index < -0.39 is 4.92 Å². The molecular weight excluding hydrogens is 276 g/mol. The lowest BCUT2D eigenvalue weighted by Gasteiger charge is -2.23. The van der Waals surface area contributed by atoms with Crippen LogP contribution in [0.25, 0.3) is 0 Å². The van der Waals surface area contributed by atoms with Crippen LogP contribution in [-0.2, 0) is 9.53 Å². The fraction of sp³-hybridized carbons (Fsp3) is 0.500. The van der Waals surface area contributed by atoms with Crippen molar-refractivity contribution in [1.29, 1.82) is 0 Å². The smallest absolute Gasteiger partial charge is 0.307 e. The van der Waals surface area contributed by atoms with E-state index in [1.807, 2.05) is 18.7 Å².